The first-order valence-electron chi connectivity index (χ1n) is 2.30. The predicted molar refractivity (Wildman–Crippen MR) is 38.9 cm³/mol. The van der Waals surface area contributed by atoms with Gasteiger partial charge in [-0.25, -0.2) is 0 Å². The molecular formula is C5H9OSi2. The van der Waals surface area contributed by atoms with Gasteiger partial charge in [-0.3, -0.25) is 0 Å². The van der Waals surface area contributed by atoms with Crippen LogP contribution in [0.1, 0.15) is 0 Å². The van der Waals surface area contributed by atoms with E-state index < -0.39 is 8.32 Å². The topological polar surface area (TPSA) is 9.23 Å². The molecule has 3 heteroatoms. The molecule has 0 aromatic heterocycles. The van der Waals surface area contributed by atoms with Crippen LogP contribution >= 0.6 is 0 Å². The monoisotopic (exact) mass is 141 g/mol. The van der Waals surface area contributed by atoms with Gasteiger partial charge in [-0.1, -0.05) is 11.4 Å². The van der Waals surface area contributed by atoms with Crippen molar-refractivity contribution in [2.75, 3.05) is 0 Å². The standard InChI is InChI=1S/C5H9OSi2/c1-4-8(3,5-2)6-7/h4-5H,1-2H2,3H3. The van der Waals surface area contributed by atoms with Crippen molar-refractivity contribution in [3.8, 4) is 0 Å². The average molecular weight is 141 g/mol. The maximum absolute atomic E-state index is 4.94. The van der Waals surface area contributed by atoms with Gasteiger partial charge >= 0.3 is 0 Å². The van der Waals surface area contributed by atoms with Crippen molar-refractivity contribution in [3.63, 3.8) is 0 Å². The summed E-state index contributed by atoms with van der Waals surface area (Å²) in [6.45, 7) is 9.20. The Balaban J connectivity index is 3.96. The van der Waals surface area contributed by atoms with E-state index in [0.717, 1.165) is 0 Å². The first kappa shape index (κ1) is 7.87. The minimum atomic E-state index is -1.73. The maximum Gasteiger partial charge on any atom is 0.230 e. The fraction of sp³-hybridized carbons (Fsp3) is 0.200. The van der Waals surface area contributed by atoms with Crippen molar-refractivity contribution >= 4 is 18.8 Å². The third kappa shape index (κ3) is 1.77. The Kier molecular flexibility index (Phi) is 2.96. The second kappa shape index (κ2) is 3.01. The summed E-state index contributed by atoms with van der Waals surface area (Å²) in [4.78, 5) is 0. The minimum Gasteiger partial charge on any atom is -0.451 e. The normalized spacial score (nSPS) is 10.8. The summed E-state index contributed by atoms with van der Waals surface area (Å²) in [7, 11) is 1.23. The SMILES string of the molecule is C=C[Si](C)(C=C)O[Si]. The average Bonchev–Trinajstić information content (AvgIpc) is 1.87. The molecule has 0 aromatic rings. The van der Waals surface area contributed by atoms with Crippen LogP contribution in [0.5, 0.6) is 0 Å². The van der Waals surface area contributed by atoms with Crippen LogP contribution in [-0.4, -0.2) is 18.8 Å². The second-order valence-corrected chi connectivity index (χ2v) is 5.69. The van der Waals surface area contributed by atoms with Crippen LogP contribution in [0.3, 0.4) is 0 Å². The Morgan fingerprint density at radius 1 is 1.50 bits per heavy atom. The van der Waals surface area contributed by atoms with Gasteiger partial charge in [0.1, 0.15) is 0 Å². The van der Waals surface area contributed by atoms with Crippen LogP contribution in [0.15, 0.2) is 24.6 Å². The van der Waals surface area contributed by atoms with Crippen molar-refractivity contribution in [1.82, 2.24) is 0 Å². The lowest BCUT2D eigenvalue weighted by Crippen LogP contribution is -2.27. The summed E-state index contributed by atoms with van der Waals surface area (Å²) >= 11 is 0. The minimum absolute atomic E-state index is 1.73. The molecule has 0 fully saturated rings. The fourth-order valence-electron chi connectivity index (χ4n) is 0.167. The van der Waals surface area contributed by atoms with Crippen LogP contribution < -0.4 is 0 Å². The summed E-state index contributed by atoms with van der Waals surface area (Å²) in [6, 6.07) is 0. The Morgan fingerprint density at radius 2 is 1.88 bits per heavy atom. The molecular weight excluding hydrogens is 132 g/mol. The molecule has 8 heavy (non-hydrogen) atoms. The molecule has 0 rings (SSSR count). The van der Waals surface area contributed by atoms with E-state index in [1.54, 1.807) is 11.4 Å². The molecule has 0 N–H and O–H groups in total. The van der Waals surface area contributed by atoms with Gasteiger partial charge in [-0.2, -0.15) is 0 Å². The molecule has 43 valence electrons. The van der Waals surface area contributed by atoms with Crippen molar-refractivity contribution in [2.45, 2.75) is 6.55 Å². The van der Waals surface area contributed by atoms with E-state index >= 15 is 0 Å². The first-order valence-corrected chi connectivity index (χ1v) is 5.27. The van der Waals surface area contributed by atoms with Gasteiger partial charge in [0, 0.05) is 0 Å². The van der Waals surface area contributed by atoms with Crippen molar-refractivity contribution < 1.29 is 4.12 Å². The molecule has 0 aromatic carbocycles. The van der Waals surface area contributed by atoms with Gasteiger partial charge in [0.15, 0.2) is 0 Å². The van der Waals surface area contributed by atoms with E-state index in [4.69, 9.17) is 4.12 Å². The Labute approximate surface area is 54.7 Å². The van der Waals surface area contributed by atoms with E-state index in [1.807, 2.05) is 6.55 Å². The summed E-state index contributed by atoms with van der Waals surface area (Å²) < 4.78 is 4.94. The van der Waals surface area contributed by atoms with E-state index in [1.165, 1.54) is 0 Å². The van der Waals surface area contributed by atoms with Crippen molar-refractivity contribution in [2.24, 2.45) is 0 Å². The van der Waals surface area contributed by atoms with E-state index in [2.05, 4.69) is 23.6 Å². The van der Waals surface area contributed by atoms with Crippen LogP contribution in [0.25, 0.3) is 0 Å². The van der Waals surface area contributed by atoms with Gasteiger partial charge in [0.05, 0.1) is 0 Å². The molecule has 0 unspecified atom stereocenters. The van der Waals surface area contributed by atoms with E-state index in [9.17, 15) is 0 Å². The predicted octanol–water partition coefficient (Wildman–Crippen LogP) is 1.11. The molecule has 0 saturated carbocycles. The zero-order valence-electron chi connectivity index (χ0n) is 4.98. The molecule has 0 aliphatic carbocycles. The number of hydrogen-bond donors (Lipinski definition) is 0. The van der Waals surface area contributed by atoms with Crippen LogP contribution in [0, 0.1) is 0 Å². The van der Waals surface area contributed by atoms with Gasteiger partial charge < -0.3 is 4.12 Å². The largest absolute Gasteiger partial charge is 0.451 e. The molecule has 0 saturated heterocycles. The van der Waals surface area contributed by atoms with Gasteiger partial charge in [0.2, 0.25) is 18.8 Å². The second-order valence-electron chi connectivity index (χ2n) is 1.69. The lowest BCUT2D eigenvalue weighted by atomic mass is 11.2. The van der Waals surface area contributed by atoms with Gasteiger partial charge in [-0.05, 0) is 6.55 Å². The Bertz CT molecular complexity index is 92.6. The molecule has 1 nitrogen and oxygen atoms in total. The lowest BCUT2D eigenvalue weighted by molar-refractivity contribution is 0.634. The summed E-state index contributed by atoms with van der Waals surface area (Å²) in [6.07, 6.45) is 0. The molecule has 0 heterocycles. The first-order chi connectivity index (χ1) is 3.68. The van der Waals surface area contributed by atoms with E-state index in [0.29, 0.717) is 0 Å². The quantitative estimate of drug-likeness (QED) is 0.535. The molecule has 0 aliphatic rings. The Hall–Kier alpha value is -0.126. The fourth-order valence-corrected chi connectivity index (χ4v) is 1.00. The third-order valence-corrected chi connectivity index (χ3v) is 4.41. The molecule has 3 radical (unpaired) electrons. The highest BCUT2D eigenvalue weighted by atomic mass is 28.4. The van der Waals surface area contributed by atoms with Crippen LogP contribution in [-0.2, 0) is 4.12 Å². The summed E-state index contributed by atoms with van der Waals surface area (Å²) in [5.41, 5.74) is 3.60. The van der Waals surface area contributed by atoms with Gasteiger partial charge in [0.25, 0.3) is 0 Å². The highest BCUT2D eigenvalue weighted by molar-refractivity contribution is 6.84. The highest BCUT2D eigenvalue weighted by Crippen LogP contribution is 2.02. The lowest BCUT2D eigenvalue weighted by Gasteiger charge is -2.14. The summed E-state index contributed by atoms with van der Waals surface area (Å²) in [5, 5.41) is 0. The van der Waals surface area contributed by atoms with E-state index in [-0.39, 0.29) is 0 Å². The Morgan fingerprint density at radius 3 is 1.88 bits per heavy atom. The summed E-state index contributed by atoms with van der Waals surface area (Å²) in [5.74, 6) is 0. The zero-order valence-corrected chi connectivity index (χ0v) is 6.98. The van der Waals surface area contributed by atoms with Crippen LogP contribution in [0.4, 0.5) is 0 Å². The smallest absolute Gasteiger partial charge is 0.230 e. The number of rotatable bonds is 3. The highest BCUT2D eigenvalue weighted by Gasteiger charge is 2.16. The van der Waals surface area contributed by atoms with Crippen molar-refractivity contribution in [3.05, 3.63) is 24.6 Å². The molecule has 0 bridgehead atoms. The molecule has 0 spiro atoms. The molecule has 0 atom stereocenters. The molecule has 0 aliphatic heterocycles. The third-order valence-electron chi connectivity index (χ3n) is 1.03. The number of hydrogen-bond acceptors (Lipinski definition) is 1. The zero-order chi connectivity index (χ0) is 6.62. The molecule has 0 amide bonds. The van der Waals surface area contributed by atoms with Crippen LogP contribution in [0.2, 0.25) is 6.55 Å². The maximum atomic E-state index is 4.94. The van der Waals surface area contributed by atoms with Crippen molar-refractivity contribution in [1.29, 1.82) is 0 Å². The van der Waals surface area contributed by atoms with Gasteiger partial charge in [-0.15, -0.1) is 13.2 Å².